The summed E-state index contributed by atoms with van der Waals surface area (Å²) in [4.78, 5) is 20.6. The number of nitrogens with zero attached hydrogens (tertiary/aromatic N) is 3. The molecule has 172 valence electrons. The predicted octanol–water partition coefficient (Wildman–Crippen LogP) is 6.09. The van der Waals surface area contributed by atoms with E-state index in [9.17, 15) is 15.2 Å². The zero-order valence-corrected chi connectivity index (χ0v) is 19.5. The average molecular weight is 475 g/mol. The van der Waals surface area contributed by atoms with Gasteiger partial charge in [-0.15, -0.1) is 0 Å². The van der Waals surface area contributed by atoms with Crippen LogP contribution in [0.5, 0.6) is 5.88 Å². The largest absolute Gasteiger partial charge is 0.494 e. The molecule has 2 N–H and O–H groups in total. The van der Waals surface area contributed by atoms with Gasteiger partial charge in [0.1, 0.15) is 0 Å². The van der Waals surface area contributed by atoms with Crippen molar-refractivity contribution in [1.29, 1.82) is 0 Å². The lowest BCUT2D eigenvalue weighted by Gasteiger charge is -2.09. The molecular weight excluding hydrogens is 452 g/mol. The Labute approximate surface area is 201 Å². The zero-order valence-electron chi connectivity index (χ0n) is 18.7. The monoisotopic (exact) mass is 474 g/mol. The number of likely N-dealkylation sites (N-methyl/N-ethyl adjacent to an activating group) is 1. The van der Waals surface area contributed by atoms with Crippen LogP contribution in [0.3, 0.4) is 0 Å². The third-order valence-electron chi connectivity index (χ3n) is 5.18. The lowest BCUT2D eigenvalue weighted by molar-refractivity contribution is -0.384. The first-order chi connectivity index (χ1) is 16.3. The van der Waals surface area contributed by atoms with Gasteiger partial charge in [0.05, 0.1) is 21.9 Å². The number of halogens is 1. The van der Waals surface area contributed by atoms with Gasteiger partial charge in [-0.2, -0.15) is 0 Å². The second kappa shape index (κ2) is 9.91. The SMILES string of the molecule is CN(C)C/C(Cl)=C/c1ccc(N=C(c2ccccc2)c2c(O)[nH]c3ccc([N+](=O)[O-])cc23)cc1. The number of hydrogen-bond donors (Lipinski definition) is 2. The maximum absolute atomic E-state index is 11.3. The summed E-state index contributed by atoms with van der Waals surface area (Å²) in [6, 6.07) is 21.4. The van der Waals surface area contributed by atoms with Gasteiger partial charge in [-0.05, 0) is 43.9 Å². The van der Waals surface area contributed by atoms with E-state index in [1.54, 1.807) is 6.07 Å². The summed E-state index contributed by atoms with van der Waals surface area (Å²) in [5.41, 5.74) is 3.80. The molecule has 4 aromatic rings. The van der Waals surface area contributed by atoms with Crippen molar-refractivity contribution < 1.29 is 10.0 Å². The molecule has 1 heterocycles. The van der Waals surface area contributed by atoms with E-state index in [-0.39, 0.29) is 11.6 Å². The van der Waals surface area contributed by atoms with Gasteiger partial charge >= 0.3 is 0 Å². The Morgan fingerprint density at radius 3 is 2.47 bits per heavy atom. The summed E-state index contributed by atoms with van der Waals surface area (Å²) in [6.07, 6.45) is 1.90. The minimum absolute atomic E-state index is 0.0640. The van der Waals surface area contributed by atoms with Crippen LogP contribution in [-0.2, 0) is 0 Å². The van der Waals surface area contributed by atoms with Gasteiger partial charge in [0, 0.05) is 40.2 Å². The number of aromatic nitrogens is 1. The molecule has 4 rings (SSSR count). The molecule has 0 unspecified atom stereocenters. The van der Waals surface area contributed by atoms with Crippen LogP contribution in [0.2, 0.25) is 0 Å². The number of non-ortho nitro benzene ring substituents is 1. The lowest BCUT2D eigenvalue weighted by atomic mass is 10.0. The van der Waals surface area contributed by atoms with Crippen LogP contribution in [0.25, 0.3) is 17.0 Å². The molecule has 0 spiro atoms. The Bertz CT molecular complexity index is 1390. The highest BCUT2D eigenvalue weighted by atomic mass is 35.5. The van der Waals surface area contributed by atoms with Gasteiger partial charge in [-0.25, -0.2) is 4.99 Å². The number of aliphatic imine (C=N–C) groups is 1. The molecule has 0 fully saturated rings. The Morgan fingerprint density at radius 2 is 1.82 bits per heavy atom. The number of H-pyrrole nitrogens is 1. The van der Waals surface area contributed by atoms with Crippen LogP contribution in [0.4, 0.5) is 11.4 Å². The molecule has 0 saturated heterocycles. The molecule has 0 bridgehead atoms. The Balaban J connectivity index is 1.82. The molecule has 34 heavy (non-hydrogen) atoms. The molecule has 0 aliphatic carbocycles. The fraction of sp³-hybridized carbons (Fsp3) is 0.115. The van der Waals surface area contributed by atoms with Crippen molar-refractivity contribution in [2.24, 2.45) is 4.99 Å². The van der Waals surface area contributed by atoms with E-state index in [4.69, 9.17) is 16.6 Å². The van der Waals surface area contributed by atoms with E-state index in [1.165, 1.54) is 12.1 Å². The van der Waals surface area contributed by atoms with Crippen LogP contribution in [-0.4, -0.2) is 46.3 Å². The summed E-state index contributed by atoms with van der Waals surface area (Å²) in [5.74, 6) is -0.104. The molecule has 0 saturated carbocycles. The molecule has 8 heteroatoms. The summed E-state index contributed by atoms with van der Waals surface area (Å²) >= 11 is 6.30. The summed E-state index contributed by atoms with van der Waals surface area (Å²) in [6.45, 7) is 0.644. The number of hydrogen-bond acceptors (Lipinski definition) is 5. The van der Waals surface area contributed by atoms with Gasteiger partial charge in [0.2, 0.25) is 0 Å². The Kier molecular flexibility index (Phi) is 6.77. The number of fused-ring (bicyclic) bond motifs is 1. The van der Waals surface area contributed by atoms with Crippen molar-refractivity contribution in [2.75, 3.05) is 20.6 Å². The third-order valence-corrected chi connectivity index (χ3v) is 5.41. The van der Waals surface area contributed by atoms with E-state index in [0.29, 0.717) is 34.4 Å². The zero-order chi connectivity index (χ0) is 24.2. The minimum Gasteiger partial charge on any atom is -0.494 e. The Hall–Kier alpha value is -3.94. The fourth-order valence-corrected chi connectivity index (χ4v) is 4.05. The van der Waals surface area contributed by atoms with Gasteiger partial charge in [-0.1, -0.05) is 54.1 Å². The van der Waals surface area contributed by atoms with E-state index >= 15 is 0 Å². The molecule has 3 aromatic carbocycles. The molecule has 0 atom stereocenters. The van der Waals surface area contributed by atoms with E-state index in [0.717, 1.165) is 16.2 Å². The fourth-order valence-electron chi connectivity index (χ4n) is 3.68. The highest BCUT2D eigenvalue weighted by Gasteiger charge is 2.20. The first-order valence-corrected chi connectivity index (χ1v) is 10.9. The van der Waals surface area contributed by atoms with E-state index in [2.05, 4.69) is 4.98 Å². The molecule has 0 aliphatic rings. The molecule has 0 amide bonds. The smallest absolute Gasteiger partial charge is 0.270 e. The first-order valence-electron chi connectivity index (χ1n) is 10.6. The normalized spacial score (nSPS) is 12.5. The topological polar surface area (TPSA) is 94.8 Å². The van der Waals surface area contributed by atoms with E-state index < -0.39 is 4.92 Å². The number of benzene rings is 3. The predicted molar refractivity (Wildman–Crippen MR) is 137 cm³/mol. The van der Waals surface area contributed by atoms with Crippen molar-refractivity contribution >= 4 is 45.7 Å². The number of aromatic amines is 1. The van der Waals surface area contributed by atoms with Gasteiger partial charge in [-0.3, -0.25) is 10.1 Å². The maximum atomic E-state index is 11.3. The van der Waals surface area contributed by atoms with Crippen molar-refractivity contribution in [1.82, 2.24) is 9.88 Å². The Morgan fingerprint density at radius 1 is 1.12 bits per heavy atom. The maximum Gasteiger partial charge on any atom is 0.270 e. The second-order valence-electron chi connectivity index (χ2n) is 8.08. The quantitative estimate of drug-likeness (QED) is 0.192. The molecule has 0 radical (unpaired) electrons. The third kappa shape index (κ3) is 5.17. The molecule has 0 aliphatic heterocycles. The van der Waals surface area contributed by atoms with Crippen LogP contribution < -0.4 is 0 Å². The molecular formula is C26H23ClN4O3. The molecule has 7 nitrogen and oxygen atoms in total. The van der Waals surface area contributed by atoms with Crippen molar-refractivity contribution in [3.63, 3.8) is 0 Å². The highest BCUT2D eigenvalue weighted by Crippen LogP contribution is 2.33. The number of aromatic hydroxyl groups is 1. The summed E-state index contributed by atoms with van der Waals surface area (Å²) in [5, 5.41) is 23.3. The molecule has 1 aromatic heterocycles. The summed E-state index contributed by atoms with van der Waals surface area (Å²) in [7, 11) is 3.90. The standard InChI is InChI=1S/C26H23ClN4O3/c1-30(2)16-19(27)14-17-8-10-20(11-9-17)28-25(18-6-4-3-5-7-18)24-22-15-21(31(33)34)12-13-23(22)29-26(24)32/h3-15,29,32H,16H2,1-2H3/b19-14-,28-25?. The number of nitrogens with one attached hydrogen (secondary N) is 1. The number of rotatable bonds is 7. The van der Waals surface area contributed by atoms with Crippen LogP contribution in [0.1, 0.15) is 16.7 Å². The lowest BCUT2D eigenvalue weighted by Crippen LogP contribution is -2.12. The van der Waals surface area contributed by atoms with E-state index in [1.807, 2.05) is 79.7 Å². The summed E-state index contributed by atoms with van der Waals surface area (Å²) < 4.78 is 0. The van der Waals surface area contributed by atoms with Gasteiger partial charge < -0.3 is 15.0 Å². The van der Waals surface area contributed by atoms with Crippen molar-refractivity contribution in [3.8, 4) is 5.88 Å². The highest BCUT2D eigenvalue weighted by molar-refractivity contribution is 6.31. The van der Waals surface area contributed by atoms with Crippen LogP contribution in [0.15, 0.2) is 82.8 Å². The second-order valence-corrected chi connectivity index (χ2v) is 8.57. The van der Waals surface area contributed by atoms with Gasteiger partial charge in [0.15, 0.2) is 5.88 Å². The van der Waals surface area contributed by atoms with Crippen LogP contribution in [0, 0.1) is 10.1 Å². The van der Waals surface area contributed by atoms with Gasteiger partial charge in [0.25, 0.3) is 5.69 Å². The van der Waals surface area contributed by atoms with Crippen molar-refractivity contribution in [3.05, 3.63) is 105 Å². The number of nitro groups is 1. The average Bonchev–Trinajstić information content (AvgIpc) is 3.13. The minimum atomic E-state index is -0.458. The van der Waals surface area contributed by atoms with Crippen molar-refractivity contribution in [2.45, 2.75) is 0 Å². The van der Waals surface area contributed by atoms with Crippen LogP contribution >= 0.6 is 11.6 Å². The first kappa shape index (κ1) is 23.2. The number of nitro benzene ring substituents is 1.